The molecule has 1 aromatic carbocycles. The fraction of sp³-hybridized carbons (Fsp3) is 0.385. The maximum absolute atomic E-state index is 10.6. The van der Waals surface area contributed by atoms with E-state index in [4.69, 9.17) is 22.1 Å². The first-order chi connectivity index (χ1) is 9.11. The fourth-order valence-electron chi connectivity index (χ4n) is 2.05. The predicted molar refractivity (Wildman–Crippen MR) is 74.4 cm³/mol. The van der Waals surface area contributed by atoms with Gasteiger partial charge in [-0.25, -0.2) is 9.78 Å². The lowest BCUT2D eigenvalue weighted by Gasteiger charge is -2.08. The molecule has 2 rings (SSSR count). The van der Waals surface area contributed by atoms with Gasteiger partial charge in [0.15, 0.2) is 0 Å². The number of benzene rings is 1. The van der Waals surface area contributed by atoms with Gasteiger partial charge in [0.2, 0.25) is 0 Å². The van der Waals surface area contributed by atoms with Gasteiger partial charge in [0.05, 0.1) is 17.6 Å². The fourth-order valence-corrected chi connectivity index (χ4v) is 2.21. The van der Waals surface area contributed by atoms with Crippen LogP contribution in [0.4, 0.5) is 4.79 Å². The Labute approximate surface area is 116 Å². The lowest BCUT2D eigenvalue weighted by atomic mass is 10.2. The average molecular weight is 282 g/mol. The first-order valence-electron chi connectivity index (χ1n) is 6.06. The number of fused-ring (bicyclic) bond motifs is 1. The molecule has 0 unspecified atom stereocenters. The van der Waals surface area contributed by atoms with Crippen molar-refractivity contribution in [2.45, 2.75) is 19.9 Å². The second kappa shape index (κ2) is 5.93. The van der Waals surface area contributed by atoms with Crippen molar-refractivity contribution in [2.24, 2.45) is 5.73 Å². The minimum absolute atomic E-state index is 0.226. The van der Waals surface area contributed by atoms with E-state index >= 15 is 0 Å². The minimum Gasteiger partial charge on any atom is -0.448 e. The Morgan fingerprint density at radius 1 is 1.53 bits per heavy atom. The normalized spacial score (nSPS) is 10.8. The van der Waals surface area contributed by atoms with Gasteiger partial charge < -0.3 is 15.0 Å². The zero-order valence-corrected chi connectivity index (χ0v) is 11.5. The number of ether oxygens (including phenoxy) is 1. The Hall–Kier alpha value is -1.75. The van der Waals surface area contributed by atoms with Gasteiger partial charge in [-0.3, -0.25) is 0 Å². The van der Waals surface area contributed by atoms with Gasteiger partial charge in [-0.05, 0) is 24.6 Å². The monoisotopic (exact) mass is 281 g/mol. The summed E-state index contributed by atoms with van der Waals surface area (Å²) < 4.78 is 6.81. The molecule has 102 valence electrons. The summed E-state index contributed by atoms with van der Waals surface area (Å²) in [4.78, 5) is 15.2. The molecule has 0 radical (unpaired) electrons. The van der Waals surface area contributed by atoms with Crippen LogP contribution in [0.25, 0.3) is 11.0 Å². The van der Waals surface area contributed by atoms with E-state index in [1.54, 1.807) is 0 Å². The number of primary amides is 1. The van der Waals surface area contributed by atoms with Crippen LogP contribution in [-0.4, -0.2) is 28.1 Å². The van der Waals surface area contributed by atoms with Crippen LogP contribution in [0.1, 0.15) is 11.4 Å². The predicted octanol–water partition coefficient (Wildman–Crippen LogP) is 2.22. The lowest BCUT2D eigenvalue weighted by molar-refractivity contribution is 0.152. The maximum atomic E-state index is 10.6. The standard InChI is InChI=1S/C13H16ClN3O2/c1-9-2-3-10-11(8-9)17(6-7-19-13(15)18)12(16-10)4-5-14/h2-3,8H,4-7H2,1H3,(H2,15,18). The van der Waals surface area contributed by atoms with Crippen LogP contribution in [0, 0.1) is 6.92 Å². The molecular formula is C13H16ClN3O2. The van der Waals surface area contributed by atoms with Crippen molar-refractivity contribution in [3.63, 3.8) is 0 Å². The number of rotatable bonds is 5. The number of hydrogen-bond acceptors (Lipinski definition) is 3. The molecule has 1 amide bonds. The third-order valence-corrected chi connectivity index (χ3v) is 3.05. The van der Waals surface area contributed by atoms with Crippen molar-refractivity contribution in [1.29, 1.82) is 0 Å². The molecular weight excluding hydrogens is 266 g/mol. The molecule has 0 aliphatic rings. The molecule has 0 atom stereocenters. The molecule has 1 aromatic heterocycles. The van der Waals surface area contributed by atoms with Crippen LogP contribution in [0.15, 0.2) is 18.2 Å². The van der Waals surface area contributed by atoms with E-state index in [-0.39, 0.29) is 6.61 Å². The topological polar surface area (TPSA) is 70.1 Å². The molecule has 0 fully saturated rings. The van der Waals surface area contributed by atoms with Crippen LogP contribution in [0.5, 0.6) is 0 Å². The zero-order valence-electron chi connectivity index (χ0n) is 10.7. The highest BCUT2D eigenvalue weighted by Crippen LogP contribution is 2.18. The van der Waals surface area contributed by atoms with E-state index in [1.807, 2.05) is 23.6 Å². The lowest BCUT2D eigenvalue weighted by Crippen LogP contribution is -2.17. The summed E-state index contributed by atoms with van der Waals surface area (Å²) in [5, 5.41) is 0. The number of imidazole rings is 1. The van der Waals surface area contributed by atoms with Gasteiger partial charge in [-0.2, -0.15) is 0 Å². The molecule has 6 heteroatoms. The number of carbonyl (C=O) groups is 1. The van der Waals surface area contributed by atoms with Gasteiger partial charge in [0, 0.05) is 12.3 Å². The molecule has 0 spiro atoms. The van der Waals surface area contributed by atoms with Crippen molar-refractivity contribution in [3.05, 3.63) is 29.6 Å². The Bertz CT molecular complexity index is 595. The van der Waals surface area contributed by atoms with Crippen molar-refractivity contribution >= 4 is 28.7 Å². The molecule has 5 nitrogen and oxygen atoms in total. The highest BCUT2D eigenvalue weighted by atomic mass is 35.5. The van der Waals surface area contributed by atoms with E-state index in [2.05, 4.69) is 11.1 Å². The number of hydrogen-bond donors (Lipinski definition) is 1. The molecule has 1 heterocycles. The van der Waals surface area contributed by atoms with Crippen LogP contribution in [0.3, 0.4) is 0 Å². The third kappa shape index (κ3) is 3.17. The summed E-state index contributed by atoms with van der Waals surface area (Å²) in [6, 6.07) is 6.06. The highest BCUT2D eigenvalue weighted by molar-refractivity contribution is 6.17. The summed E-state index contributed by atoms with van der Waals surface area (Å²) >= 11 is 5.79. The second-order valence-electron chi connectivity index (χ2n) is 4.28. The van der Waals surface area contributed by atoms with E-state index < -0.39 is 6.09 Å². The third-order valence-electron chi connectivity index (χ3n) is 2.86. The number of nitrogens with two attached hydrogens (primary N) is 1. The van der Waals surface area contributed by atoms with Gasteiger partial charge in [0.25, 0.3) is 0 Å². The summed E-state index contributed by atoms with van der Waals surface area (Å²) in [5.74, 6) is 1.39. The number of nitrogens with zero attached hydrogens (tertiary/aromatic N) is 2. The summed E-state index contributed by atoms with van der Waals surface area (Å²) in [6.07, 6.45) is -0.0919. The van der Waals surface area contributed by atoms with Crippen molar-refractivity contribution in [3.8, 4) is 0 Å². The number of carbonyl (C=O) groups excluding carboxylic acids is 1. The van der Waals surface area contributed by atoms with E-state index in [9.17, 15) is 4.79 Å². The summed E-state index contributed by atoms with van der Waals surface area (Å²) in [5.41, 5.74) is 8.06. The number of alkyl halides is 1. The average Bonchev–Trinajstić information content (AvgIpc) is 2.67. The summed E-state index contributed by atoms with van der Waals surface area (Å²) in [7, 11) is 0. The van der Waals surface area contributed by atoms with Gasteiger partial charge in [0.1, 0.15) is 12.4 Å². The molecule has 2 aromatic rings. The van der Waals surface area contributed by atoms with Crippen molar-refractivity contribution in [2.75, 3.05) is 12.5 Å². The van der Waals surface area contributed by atoms with Gasteiger partial charge >= 0.3 is 6.09 Å². The van der Waals surface area contributed by atoms with Gasteiger partial charge in [-0.1, -0.05) is 6.07 Å². The quantitative estimate of drug-likeness (QED) is 0.854. The zero-order chi connectivity index (χ0) is 13.8. The Morgan fingerprint density at radius 3 is 3.00 bits per heavy atom. The number of aryl methyl sites for hydroxylation is 2. The van der Waals surface area contributed by atoms with Gasteiger partial charge in [-0.15, -0.1) is 11.6 Å². The number of halogens is 1. The Morgan fingerprint density at radius 2 is 2.32 bits per heavy atom. The molecule has 0 bridgehead atoms. The smallest absolute Gasteiger partial charge is 0.404 e. The van der Waals surface area contributed by atoms with E-state index in [0.717, 1.165) is 22.4 Å². The van der Waals surface area contributed by atoms with E-state index in [1.165, 1.54) is 0 Å². The van der Waals surface area contributed by atoms with Crippen LogP contribution in [0.2, 0.25) is 0 Å². The molecule has 2 N–H and O–H groups in total. The van der Waals surface area contributed by atoms with Crippen LogP contribution >= 0.6 is 11.6 Å². The number of aromatic nitrogens is 2. The van der Waals surface area contributed by atoms with Crippen molar-refractivity contribution < 1.29 is 9.53 Å². The second-order valence-corrected chi connectivity index (χ2v) is 4.66. The molecule has 19 heavy (non-hydrogen) atoms. The first-order valence-corrected chi connectivity index (χ1v) is 6.59. The molecule has 0 saturated heterocycles. The van der Waals surface area contributed by atoms with Crippen molar-refractivity contribution in [1.82, 2.24) is 9.55 Å². The SMILES string of the molecule is Cc1ccc2nc(CCCl)n(CCOC(N)=O)c2c1. The van der Waals surface area contributed by atoms with E-state index in [0.29, 0.717) is 18.8 Å². The first kappa shape index (κ1) is 13.7. The molecule has 0 saturated carbocycles. The summed E-state index contributed by atoms with van der Waals surface area (Å²) in [6.45, 7) is 2.77. The Kier molecular flexibility index (Phi) is 4.27. The maximum Gasteiger partial charge on any atom is 0.404 e. The number of amides is 1. The van der Waals surface area contributed by atoms with Crippen LogP contribution in [-0.2, 0) is 17.7 Å². The minimum atomic E-state index is -0.764. The molecule has 0 aliphatic carbocycles. The largest absolute Gasteiger partial charge is 0.448 e. The Balaban J connectivity index is 2.33. The van der Waals surface area contributed by atoms with Crippen LogP contribution < -0.4 is 5.73 Å². The molecule has 0 aliphatic heterocycles. The highest BCUT2D eigenvalue weighted by Gasteiger charge is 2.10.